The fourth-order valence-electron chi connectivity index (χ4n) is 4.82. The van der Waals surface area contributed by atoms with Crippen LogP contribution >= 0.6 is 0 Å². The molecular formula is C27H29FN4O4. The number of nitrogens with one attached hydrogen (secondary N) is 1. The molecule has 36 heavy (non-hydrogen) atoms. The lowest BCUT2D eigenvalue weighted by atomic mass is 9.95. The maximum atomic E-state index is 13.3. The molecule has 1 aromatic heterocycles. The van der Waals surface area contributed by atoms with Crippen LogP contribution in [0.25, 0.3) is 0 Å². The second kappa shape index (κ2) is 10.1. The number of hydrogen-bond donors (Lipinski definition) is 1. The molecule has 2 aliphatic heterocycles. The van der Waals surface area contributed by atoms with Crippen molar-refractivity contribution in [3.05, 3.63) is 77.1 Å². The van der Waals surface area contributed by atoms with E-state index >= 15 is 0 Å². The standard InChI is InChI=1S/C27H29FN4O4/c1-17-13-20(28)5-8-22(17)30-26(33)19-9-11-31(12-10-19)27(34)25-23-15-36-24(14-32(23)16-29-25)18-3-6-21(35-2)7-4-18/h3-8,13,16,19,24H,9-12,14-15H2,1-2H3,(H,30,33)/t24-/m0/s1. The second-order valence-corrected chi connectivity index (χ2v) is 9.28. The van der Waals surface area contributed by atoms with Crippen LogP contribution < -0.4 is 10.1 Å². The molecule has 3 heterocycles. The number of piperidine rings is 1. The molecule has 8 nitrogen and oxygen atoms in total. The summed E-state index contributed by atoms with van der Waals surface area (Å²) in [7, 11) is 1.63. The summed E-state index contributed by atoms with van der Waals surface area (Å²) in [4.78, 5) is 32.2. The van der Waals surface area contributed by atoms with Crippen LogP contribution in [-0.2, 0) is 22.7 Å². The van der Waals surface area contributed by atoms with Gasteiger partial charge in [0.1, 0.15) is 17.7 Å². The second-order valence-electron chi connectivity index (χ2n) is 9.28. The number of halogens is 1. The Labute approximate surface area is 209 Å². The first kappa shape index (κ1) is 24.0. The molecule has 0 bridgehead atoms. The van der Waals surface area contributed by atoms with Gasteiger partial charge in [-0.1, -0.05) is 12.1 Å². The molecule has 9 heteroatoms. The molecule has 0 radical (unpaired) electrons. The van der Waals surface area contributed by atoms with Crippen molar-refractivity contribution in [2.75, 3.05) is 25.5 Å². The fourth-order valence-corrected chi connectivity index (χ4v) is 4.82. The Balaban J connectivity index is 1.18. The summed E-state index contributed by atoms with van der Waals surface area (Å²) in [6.45, 7) is 3.58. The largest absolute Gasteiger partial charge is 0.497 e. The van der Waals surface area contributed by atoms with Gasteiger partial charge in [-0.25, -0.2) is 9.37 Å². The Kier molecular flexibility index (Phi) is 6.73. The molecule has 0 saturated carbocycles. The van der Waals surface area contributed by atoms with Crippen LogP contribution in [0, 0.1) is 18.7 Å². The highest BCUT2D eigenvalue weighted by atomic mass is 19.1. The van der Waals surface area contributed by atoms with E-state index in [0.717, 1.165) is 17.0 Å². The van der Waals surface area contributed by atoms with Crippen LogP contribution in [0.4, 0.5) is 10.1 Å². The summed E-state index contributed by atoms with van der Waals surface area (Å²) in [5.41, 5.74) is 3.51. The normalized spacial score (nSPS) is 18.0. The Morgan fingerprint density at radius 3 is 2.58 bits per heavy atom. The summed E-state index contributed by atoms with van der Waals surface area (Å²) < 4.78 is 26.6. The molecule has 188 valence electrons. The Morgan fingerprint density at radius 1 is 1.14 bits per heavy atom. The molecule has 0 spiro atoms. The van der Waals surface area contributed by atoms with Gasteiger partial charge < -0.3 is 24.3 Å². The van der Waals surface area contributed by atoms with Crippen molar-refractivity contribution in [3.8, 4) is 5.75 Å². The highest BCUT2D eigenvalue weighted by Gasteiger charge is 2.32. The van der Waals surface area contributed by atoms with Crippen molar-refractivity contribution in [2.45, 2.75) is 39.0 Å². The number of aryl methyl sites for hydroxylation is 1. The maximum Gasteiger partial charge on any atom is 0.274 e. The van der Waals surface area contributed by atoms with E-state index in [9.17, 15) is 14.0 Å². The molecule has 1 saturated heterocycles. The number of ether oxygens (including phenoxy) is 2. The number of carbonyl (C=O) groups excluding carboxylic acids is 2. The number of likely N-dealkylation sites (tertiary alicyclic amines) is 1. The average molecular weight is 493 g/mol. The van der Waals surface area contributed by atoms with Gasteiger partial charge in [-0.2, -0.15) is 0 Å². The minimum Gasteiger partial charge on any atom is -0.497 e. The van der Waals surface area contributed by atoms with E-state index in [1.165, 1.54) is 12.1 Å². The van der Waals surface area contributed by atoms with Gasteiger partial charge in [0.2, 0.25) is 5.91 Å². The third kappa shape index (κ3) is 4.83. The number of carbonyl (C=O) groups is 2. The van der Waals surface area contributed by atoms with Crippen molar-refractivity contribution < 1.29 is 23.5 Å². The van der Waals surface area contributed by atoms with Crippen LogP contribution in [-0.4, -0.2) is 46.5 Å². The molecule has 5 rings (SSSR count). The third-order valence-electron chi connectivity index (χ3n) is 7.02. The van der Waals surface area contributed by atoms with Crippen molar-refractivity contribution >= 4 is 17.5 Å². The summed E-state index contributed by atoms with van der Waals surface area (Å²) in [6, 6.07) is 12.1. The van der Waals surface area contributed by atoms with Gasteiger partial charge in [-0.3, -0.25) is 9.59 Å². The van der Waals surface area contributed by atoms with Gasteiger partial charge in [0.15, 0.2) is 5.69 Å². The number of amides is 2. The lowest BCUT2D eigenvalue weighted by Crippen LogP contribution is -2.42. The Bertz CT molecular complexity index is 1270. The molecule has 0 unspecified atom stereocenters. The number of rotatable bonds is 5. The van der Waals surface area contributed by atoms with Crippen molar-refractivity contribution in [3.63, 3.8) is 0 Å². The molecule has 2 aliphatic rings. The maximum absolute atomic E-state index is 13.3. The van der Waals surface area contributed by atoms with Crippen LogP contribution in [0.1, 0.15) is 46.3 Å². The molecule has 1 atom stereocenters. The number of imidazole rings is 1. The number of aromatic nitrogens is 2. The SMILES string of the molecule is COc1ccc([C@@H]2Cn3cnc(C(=O)N4CCC(C(=O)Nc5ccc(F)cc5C)CC4)c3CO2)cc1. The van der Waals surface area contributed by atoms with Gasteiger partial charge in [-0.15, -0.1) is 0 Å². The van der Waals surface area contributed by atoms with Gasteiger partial charge in [0.25, 0.3) is 5.91 Å². The lowest BCUT2D eigenvalue weighted by Gasteiger charge is -2.31. The molecular weight excluding hydrogens is 463 g/mol. The van der Waals surface area contributed by atoms with Crippen LogP contribution in [0.5, 0.6) is 5.75 Å². The van der Waals surface area contributed by atoms with E-state index in [4.69, 9.17) is 9.47 Å². The van der Waals surface area contributed by atoms with E-state index in [1.54, 1.807) is 31.3 Å². The zero-order chi connectivity index (χ0) is 25.2. The van der Waals surface area contributed by atoms with Gasteiger partial charge in [0, 0.05) is 24.7 Å². The van der Waals surface area contributed by atoms with Crippen molar-refractivity contribution in [1.82, 2.24) is 14.5 Å². The van der Waals surface area contributed by atoms with E-state index in [1.807, 2.05) is 28.8 Å². The first-order chi connectivity index (χ1) is 17.4. The fraction of sp³-hybridized carbons (Fsp3) is 0.370. The zero-order valence-electron chi connectivity index (χ0n) is 20.4. The Hall–Kier alpha value is -3.72. The topological polar surface area (TPSA) is 85.7 Å². The highest BCUT2D eigenvalue weighted by molar-refractivity contribution is 5.95. The van der Waals surface area contributed by atoms with E-state index in [-0.39, 0.29) is 29.7 Å². The molecule has 2 amide bonds. The van der Waals surface area contributed by atoms with Gasteiger partial charge in [0.05, 0.1) is 32.3 Å². The summed E-state index contributed by atoms with van der Waals surface area (Å²) in [5, 5.41) is 2.90. The Morgan fingerprint density at radius 2 is 1.89 bits per heavy atom. The number of hydrogen-bond acceptors (Lipinski definition) is 5. The number of benzene rings is 2. The molecule has 1 fully saturated rings. The first-order valence-corrected chi connectivity index (χ1v) is 12.1. The summed E-state index contributed by atoms with van der Waals surface area (Å²) in [5.74, 6) is 0.0127. The van der Waals surface area contributed by atoms with E-state index in [0.29, 0.717) is 56.0 Å². The first-order valence-electron chi connectivity index (χ1n) is 12.1. The van der Waals surface area contributed by atoms with Crippen LogP contribution in [0.3, 0.4) is 0 Å². The molecule has 0 aliphatic carbocycles. The average Bonchev–Trinajstić information content (AvgIpc) is 3.33. The number of anilines is 1. The van der Waals surface area contributed by atoms with Crippen LogP contribution in [0.2, 0.25) is 0 Å². The smallest absolute Gasteiger partial charge is 0.274 e. The summed E-state index contributed by atoms with van der Waals surface area (Å²) >= 11 is 0. The number of fused-ring (bicyclic) bond motifs is 1. The predicted molar refractivity (Wildman–Crippen MR) is 131 cm³/mol. The number of methoxy groups -OCH3 is 1. The molecule has 3 aromatic rings. The van der Waals surface area contributed by atoms with Crippen LogP contribution in [0.15, 0.2) is 48.8 Å². The summed E-state index contributed by atoms with van der Waals surface area (Å²) in [6.07, 6.45) is 2.69. The minimum atomic E-state index is -0.333. The van der Waals surface area contributed by atoms with Crippen molar-refractivity contribution in [2.24, 2.45) is 5.92 Å². The predicted octanol–water partition coefficient (Wildman–Crippen LogP) is 4.10. The molecule has 1 N–H and O–H groups in total. The highest BCUT2D eigenvalue weighted by Crippen LogP contribution is 2.30. The number of nitrogens with zero attached hydrogens (tertiary/aromatic N) is 3. The van der Waals surface area contributed by atoms with Crippen molar-refractivity contribution in [1.29, 1.82) is 0 Å². The van der Waals surface area contributed by atoms with E-state index < -0.39 is 0 Å². The third-order valence-corrected chi connectivity index (χ3v) is 7.02. The zero-order valence-corrected chi connectivity index (χ0v) is 20.4. The monoisotopic (exact) mass is 492 g/mol. The molecule has 2 aromatic carbocycles. The van der Waals surface area contributed by atoms with Gasteiger partial charge >= 0.3 is 0 Å². The lowest BCUT2D eigenvalue weighted by molar-refractivity contribution is -0.121. The van der Waals surface area contributed by atoms with Gasteiger partial charge in [-0.05, 0) is 61.2 Å². The van der Waals surface area contributed by atoms with E-state index in [2.05, 4.69) is 10.3 Å². The quantitative estimate of drug-likeness (QED) is 0.580. The minimum absolute atomic E-state index is 0.103.